The molecule has 0 aliphatic heterocycles. The van der Waals surface area contributed by atoms with Crippen LogP contribution in [0.5, 0.6) is 5.75 Å². The minimum atomic E-state index is -0.505. The minimum absolute atomic E-state index is 0.281. The Kier molecular flexibility index (Phi) is 7.81. The molecule has 0 fully saturated rings. The number of hydrogen-bond donors (Lipinski definition) is 2. The second-order valence-electron chi connectivity index (χ2n) is 5.91. The van der Waals surface area contributed by atoms with Crippen molar-refractivity contribution in [3.8, 4) is 5.75 Å². The molecule has 2 N–H and O–H groups in total. The summed E-state index contributed by atoms with van der Waals surface area (Å²) in [4.78, 5) is 12.4. The van der Waals surface area contributed by atoms with Gasteiger partial charge in [0.2, 0.25) is 0 Å². The van der Waals surface area contributed by atoms with Crippen LogP contribution in [0, 0.1) is 0 Å². The van der Waals surface area contributed by atoms with E-state index in [2.05, 4.69) is 31.8 Å². The summed E-state index contributed by atoms with van der Waals surface area (Å²) in [5.41, 5.74) is 4.40. The molecule has 0 spiro atoms. The molecule has 5 nitrogen and oxygen atoms in total. The van der Waals surface area contributed by atoms with Crippen molar-refractivity contribution in [3.63, 3.8) is 0 Å². The summed E-state index contributed by atoms with van der Waals surface area (Å²) < 4.78 is 6.31. The normalized spacial score (nSPS) is 10.6. The molecule has 0 radical (unpaired) electrons. The first-order chi connectivity index (χ1) is 14.4. The van der Waals surface area contributed by atoms with Crippen molar-refractivity contribution >= 4 is 74.3 Å². The monoisotopic (exact) mass is 521 g/mol. The first-order valence-corrected chi connectivity index (χ1v) is 10.5. The maximum absolute atomic E-state index is 12.4. The fraction of sp³-hybridized carbons (Fsp3) is 0. The Labute approximate surface area is 197 Å². The van der Waals surface area contributed by atoms with E-state index >= 15 is 0 Å². The Hall–Kier alpha value is -2.45. The van der Waals surface area contributed by atoms with E-state index in [9.17, 15) is 4.79 Å². The molecule has 0 heterocycles. The predicted octanol–water partition coefficient (Wildman–Crippen LogP) is 6.30. The molecule has 0 aliphatic carbocycles. The summed E-state index contributed by atoms with van der Waals surface area (Å²) in [6.07, 6.45) is 1.50. The van der Waals surface area contributed by atoms with Gasteiger partial charge in [-0.05, 0) is 72.9 Å². The number of carbonyl (C=O) groups excluding carboxylic acids is 1. The lowest BCUT2D eigenvalue weighted by molar-refractivity contribution is 0.0734. The highest BCUT2D eigenvalue weighted by Gasteiger charge is 2.11. The van der Waals surface area contributed by atoms with Crippen LogP contribution in [0.3, 0.4) is 0 Å². The zero-order chi connectivity index (χ0) is 21.5. The van der Waals surface area contributed by atoms with Gasteiger partial charge in [-0.1, -0.05) is 45.2 Å². The van der Waals surface area contributed by atoms with Crippen LogP contribution >= 0.6 is 51.3 Å². The number of anilines is 1. The number of nitrogens with zero attached hydrogens (tertiary/aromatic N) is 1. The Morgan fingerprint density at radius 3 is 2.53 bits per heavy atom. The Balaban J connectivity index is 1.67. The van der Waals surface area contributed by atoms with Gasteiger partial charge in [-0.3, -0.25) is 5.43 Å². The third kappa shape index (κ3) is 6.53. The van der Waals surface area contributed by atoms with Crippen LogP contribution in [-0.4, -0.2) is 17.3 Å². The second-order valence-corrected chi connectivity index (χ2v) is 8.11. The Morgan fingerprint density at radius 2 is 1.80 bits per heavy atom. The van der Waals surface area contributed by atoms with Crippen molar-refractivity contribution in [1.29, 1.82) is 0 Å². The molecule has 0 atom stereocenters. The molecule has 0 aliphatic rings. The van der Waals surface area contributed by atoms with Gasteiger partial charge in [-0.15, -0.1) is 0 Å². The van der Waals surface area contributed by atoms with Crippen molar-refractivity contribution in [2.24, 2.45) is 5.10 Å². The highest BCUT2D eigenvalue weighted by molar-refractivity contribution is 9.10. The summed E-state index contributed by atoms with van der Waals surface area (Å²) in [6.45, 7) is 0. The molecule has 0 aromatic heterocycles. The lowest BCUT2D eigenvalue weighted by atomic mass is 10.2. The van der Waals surface area contributed by atoms with Crippen molar-refractivity contribution in [2.45, 2.75) is 0 Å². The van der Waals surface area contributed by atoms with Crippen molar-refractivity contribution in [3.05, 3.63) is 92.4 Å². The first kappa shape index (κ1) is 22.2. The number of rotatable bonds is 5. The highest BCUT2D eigenvalue weighted by Crippen LogP contribution is 2.23. The van der Waals surface area contributed by atoms with E-state index in [-0.39, 0.29) is 5.11 Å². The van der Waals surface area contributed by atoms with Gasteiger partial charge in [0.05, 0.1) is 11.8 Å². The SMILES string of the molecule is O=C(Oc1ccc(Br)cc1/C=N/NC(=S)Nc1cccc(Cl)c1)c1ccc(Cl)cc1. The standard InChI is InChI=1S/C21H14BrCl2N3O2S/c22-15-6-9-19(29-20(28)13-4-7-16(23)8-5-13)14(10-15)12-25-27-21(30)26-18-3-1-2-17(24)11-18/h1-12H,(H2,26,27,30)/b25-12+. The average molecular weight is 523 g/mol. The number of hydrazone groups is 1. The molecule has 0 bridgehead atoms. The predicted molar refractivity (Wildman–Crippen MR) is 129 cm³/mol. The number of nitrogens with one attached hydrogen (secondary N) is 2. The van der Waals surface area contributed by atoms with Crippen LogP contribution < -0.4 is 15.5 Å². The smallest absolute Gasteiger partial charge is 0.343 e. The van der Waals surface area contributed by atoms with Crippen LogP contribution in [-0.2, 0) is 0 Å². The number of carbonyl (C=O) groups is 1. The molecule has 0 unspecified atom stereocenters. The summed E-state index contributed by atoms with van der Waals surface area (Å²) in [7, 11) is 0. The first-order valence-electron chi connectivity index (χ1n) is 8.53. The lowest BCUT2D eigenvalue weighted by Crippen LogP contribution is -2.23. The molecule has 3 aromatic carbocycles. The fourth-order valence-electron chi connectivity index (χ4n) is 2.34. The van der Waals surface area contributed by atoms with E-state index in [1.165, 1.54) is 6.21 Å². The molecule has 0 saturated heterocycles. The molecule has 152 valence electrons. The van der Waals surface area contributed by atoms with E-state index in [0.29, 0.717) is 26.9 Å². The summed E-state index contributed by atoms with van der Waals surface area (Å²) in [5, 5.41) is 8.49. The van der Waals surface area contributed by atoms with Crippen LogP contribution in [0.15, 0.2) is 76.3 Å². The van der Waals surface area contributed by atoms with Crippen molar-refractivity contribution in [1.82, 2.24) is 5.43 Å². The van der Waals surface area contributed by atoms with E-state index in [0.717, 1.165) is 10.2 Å². The summed E-state index contributed by atoms with van der Waals surface area (Å²) >= 11 is 20.4. The van der Waals surface area contributed by atoms with Gasteiger partial charge in [0.1, 0.15) is 5.75 Å². The summed E-state index contributed by atoms with van der Waals surface area (Å²) in [5.74, 6) is -0.160. The van der Waals surface area contributed by atoms with Gasteiger partial charge in [0, 0.05) is 25.8 Å². The zero-order valence-electron chi connectivity index (χ0n) is 15.2. The van der Waals surface area contributed by atoms with E-state index in [4.69, 9.17) is 40.2 Å². The molecule has 9 heteroatoms. The van der Waals surface area contributed by atoms with Gasteiger partial charge in [0.15, 0.2) is 5.11 Å². The molecule has 0 saturated carbocycles. The number of thiocarbonyl (C=S) groups is 1. The number of benzene rings is 3. The van der Waals surface area contributed by atoms with Crippen LogP contribution in [0.1, 0.15) is 15.9 Å². The number of esters is 1. The lowest BCUT2D eigenvalue weighted by Gasteiger charge is -2.09. The number of hydrogen-bond acceptors (Lipinski definition) is 4. The van der Waals surface area contributed by atoms with Gasteiger partial charge in [-0.2, -0.15) is 5.10 Å². The topological polar surface area (TPSA) is 62.7 Å². The van der Waals surface area contributed by atoms with Gasteiger partial charge < -0.3 is 10.1 Å². The van der Waals surface area contributed by atoms with E-state index in [1.54, 1.807) is 60.7 Å². The molecular weight excluding hydrogens is 509 g/mol. The van der Waals surface area contributed by atoms with E-state index in [1.807, 2.05) is 6.07 Å². The van der Waals surface area contributed by atoms with Crippen molar-refractivity contribution in [2.75, 3.05) is 5.32 Å². The van der Waals surface area contributed by atoms with Crippen LogP contribution in [0.2, 0.25) is 10.0 Å². The van der Waals surface area contributed by atoms with Crippen molar-refractivity contribution < 1.29 is 9.53 Å². The quantitative estimate of drug-likeness (QED) is 0.135. The number of halogens is 3. The number of ether oxygens (including phenoxy) is 1. The van der Waals surface area contributed by atoms with E-state index < -0.39 is 5.97 Å². The fourth-order valence-corrected chi connectivity index (χ4v) is 3.21. The Bertz CT molecular complexity index is 1110. The van der Waals surface area contributed by atoms with Gasteiger partial charge in [0.25, 0.3) is 0 Å². The highest BCUT2D eigenvalue weighted by atomic mass is 79.9. The maximum Gasteiger partial charge on any atom is 0.343 e. The van der Waals surface area contributed by atoms with Crippen LogP contribution in [0.4, 0.5) is 5.69 Å². The third-order valence-corrected chi connectivity index (χ3v) is 4.88. The van der Waals surface area contributed by atoms with Gasteiger partial charge >= 0.3 is 5.97 Å². The van der Waals surface area contributed by atoms with Crippen LogP contribution in [0.25, 0.3) is 0 Å². The summed E-state index contributed by atoms with van der Waals surface area (Å²) in [6, 6.07) is 18.8. The molecule has 3 rings (SSSR count). The molecule has 0 amide bonds. The molecular formula is C21H14BrCl2N3O2S. The minimum Gasteiger partial charge on any atom is -0.422 e. The third-order valence-electron chi connectivity index (χ3n) is 3.71. The second kappa shape index (κ2) is 10.5. The average Bonchev–Trinajstić information content (AvgIpc) is 2.70. The largest absolute Gasteiger partial charge is 0.422 e. The molecule has 30 heavy (non-hydrogen) atoms. The Morgan fingerprint density at radius 1 is 1.03 bits per heavy atom. The van der Waals surface area contributed by atoms with Gasteiger partial charge in [-0.25, -0.2) is 4.79 Å². The molecule has 3 aromatic rings. The maximum atomic E-state index is 12.4. The zero-order valence-corrected chi connectivity index (χ0v) is 19.1.